The molecule has 0 bridgehead atoms. The first-order valence-electron chi connectivity index (χ1n) is 2.90. The minimum Gasteiger partial charge on any atom is -0.288 e. The molecule has 1 aromatic rings. The van der Waals surface area contributed by atoms with E-state index in [0.717, 1.165) is 0 Å². The van der Waals surface area contributed by atoms with Crippen molar-refractivity contribution in [2.24, 2.45) is 7.05 Å². The molecule has 1 rings (SSSR count). The summed E-state index contributed by atoms with van der Waals surface area (Å²) in [5.41, 5.74) is 0.565. The van der Waals surface area contributed by atoms with Crippen molar-refractivity contribution in [3.63, 3.8) is 0 Å². The molecule has 3 nitrogen and oxygen atoms in total. The predicted molar refractivity (Wildman–Crippen MR) is 37.7 cm³/mol. The molecule has 0 spiro atoms. The first-order valence-corrected chi connectivity index (χ1v) is 2.90. The molecule has 3 heteroatoms. The van der Waals surface area contributed by atoms with E-state index in [2.05, 4.69) is 11.7 Å². The Kier molecular flexibility index (Phi) is 1.67. The summed E-state index contributed by atoms with van der Waals surface area (Å²) in [5.74, 6) is -0.0972. The van der Waals surface area contributed by atoms with Crippen LogP contribution in [-0.2, 0) is 7.05 Å². The number of aryl methyl sites for hydroxylation is 1. The third-order valence-corrected chi connectivity index (χ3v) is 1.26. The molecule has 52 valence electrons. The van der Waals surface area contributed by atoms with E-state index in [0.29, 0.717) is 5.69 Å². The van der Waals surface area contributed by atoms with Gasteiger partial charge in [-0.2, -0.15) is 5.10 Å². The number of allylic oxidation sites excluding steroid dienone is 1. The van der Waals surface area contributed by atoms with Gasteiger partial charge < -0.3 is 0 Å². The fourth-order valence-corrected chi connectivity index (χ4v) is 0.720. The summed E-state index contributed by atoms with van der Waals surface area (Å²) in [6, 6.07) is 1.66. The van der Waals surface area contributed by atoms with Gasteiger partial charge in [-0.25, -0.2) is 0 Å². The Morgan fingerprint density at radius 2 is 2.60 bits per heavy atom. The van der Waals surface area contributed by atoms with Crippen molar-refractivity contribution in [2.75, 3.05) is 0 Å². The number of aromatic nitrogens is 2. The molecule has 0 atom stereocenters. The third kappa shape index (κ3) is 0.978. The second-order valence-electron chi connectivity index (χ2n) is 1.91. The first kappa shape index (κ1) is 6.74. The van der Waals surface area contributed by atoms with Gasteiger partial charge in [-0.1, -0.05) is 6.58 Å². The van der Waals surface area contributed by atoms with E-state index in [-0.39, 0.29) is 5.78 Å². The monoisotopic (exact) mass is 136 g/mol. The number of rotatable bonds is 2. The van der Waals surface area contributed by atoms with Crippen LogP contribution in [-0.4, -0.2) is 15.6 Å². The second-order valence-corrected chi connectivity index (χ2v) is 1.91. The smallest absolute Gasteiger partial charge is 0.203 e. The fraction of sp³-hybridized carbons (Fsp3) is 0.143. The molecule has 0 amide bonds. The second kappa shape index (κ2) is 2.47. The van der Waals surface area contributed by atoms with Crippen molar-refractivity contribution < 1.29 is 4.79 Å². The SMILES string of the molecule is C=CC(=O)c1ccnn1C. The number of carbonyl (C=O) groups excluding carboxylic acids is 1. The average Bonchev–Trinajstić information content (AvgIpc) is 2.34. The van der Waals surface area contributed by atoms with Crippen molar-refractivity contribution in [3.05, 3.63) is 30.6 Å². The number of hydrogen-bond donors (Lipinski definition) is 0. The normalized spacial score (nSPS) is 9.30. The van der Waals surface area contributed by atoms with Gasteiger partial charge in [-0.15, -0.1) is 0 Å². The Morgan fingerprint density at radius 1 is 1.90 bits per heavy atom. The molecule has 0 N–H and O–H groups in total. The van der Waals surface area contributed by atoms with Crippen LogP contribution in [0.25, 0.3) is 0 Å². The van der Waals surface area contributed by atoms with Gasteiger partial charge in [0.05, 0.1) is 0 Å². The van der Waals surface area contributed by atoms with Crippen LogP contribution in [0.15, 0.2) is 24.9 Å². The van der Waals surface area contributed by atoms with E-state index in [1.54, 1.807) is 19.3 Å². The van der Waals surface area contributed by atoms with E-state index < -0.39 is 0 Å². The van der Waals surface area contributed by atoms with Crippen LogP contribution < -0.4 is 0 Å². The lowest BCUT2D eigenvalue weighted by atomic mass is 10.3. The van der Waals surface area contributed by atoms with Crippen LogP contribution in [0.4, 0.5) is 0 Å². The van der Waals surface area contributed by atoms with E-state index >= 15 is 0 Å². The maximum atomic E-state index is 10.9. The molecule has 10 heavy (non-hydrogen) atoms. The van der Waals surface area contributed by atoms with Gasteiger partial charge in [-0.3, -0.25) is 9.48 Å². The molecule has 1 aromatic heterocycles. The Hall–Kier alpha value is -1.38. The number of nitrogens with zero attached hydrogens (tertiary/aromatic N) is 2. The van der Waals surface area contributed by atoms with Crippen LogP contribution >= 0.6 is 0 Å². The summed E-state index contributed by atoms with van der Waals surface area (Å²) in [4.78, 5) is 10.9. The Bertz CT molecular complexity index is 262. The lowest BCUT2D eigenvalue weighted by Gasteiger charge is -1.93. The zero-order valence-electron chi connectivity index (χ0n) is 5.74. The zero-order chi connectivity index (χ0) is 7.56. The largest absolute Gasteiger partial charge is 0.288 e. The highest BCUT2D eigenvalue weighted by Crippen LogP contribution is 1.97. The van der Waals surface area contributed by atoms with Crippen molar-refractivity contribution in [1.82, 2.24) is 9.78 Å². The summed E-state index contributed by atoms with van der Waals surface area (Å²) >= 11 is 0. The number of hydrogen-bond acceptors (Lipinski definition) is 2. The van der Waals surface area contributed by atoms with Crippen LogP contribution in [0.3, 0.4) is 0 Å². The maximum absolute atomic E-state index is 10.9. The molecule has 0 fully saturated rings. The first-order chi connectivity index (χ1) is 4.75. The number of ketones is 1. The molecule has 0 aliphatic heterocycles. The molecule has 0 aliphatic rings. The highest BCUT2D eigenvalue weighted by molar-refractivity contribution is 6.02. The average molecular weight is 136 g/mol. The van der Waals surface area contributed by atoms with Crippen LogP contribution in [0, 0.1) is 0 Å². The molecule has 0 radical (unpaired) electrons. The Labute approximate surface area is 59.0 Å². The van der Waals surface area contributed by atoms with Gasteiger partial charge in [0.1, 0.15) is 5.69 Å². The van der Waals surface area contributed by atoms with Crippen molar-refractivity contribution in [3.8, 4) is 0 Å². The van der Waals surface area contributed by atoms with Gasteiger partial charge in [0, 0.05) is 13.2 Å². The Morgan fingerprint density at radius 3 is 3.00 bits per heavy atom. The maximum Gasteiger partial charge on any atom is 0.203 e. The molecule has 0 saturated carbocycles. The molecular weight excluding hydrogens is 128 g/mol. The fourth-order valence-electron chi connectivity index (χ4n) is 0.720. The van der Waals surface area contributed by atoms with Gasteiger partial charge in [0.2, 0.25) is 5.78 Å². The Balaban J connectivity index is 3.04. The van der Waals surface area contributed by atoms with Crippen molar-refractivity contribution in [1.29, 1.82) is 0 Å². The summed E-state index contributed by atoms with van der Waals surface area (Å²) in [6.07, 6.45) is 2.85. The van der Waals surface area contributed by atoms with Crippen LogP contribution in [0.5, 0.6) is 0 Å². The van der Waals surface area contributed by atoms with E-state index in [1.165, 1.54) is 10.8 Å². The van der Waals surface area contributed by atoms with Crippen LogP contribution in [0.1, 0.15) is 10.5 Å². The summed E-state index contributed by atoms with van der Waals surface area (Å²) in [6.45, 7) is 3.37. The molecule has 0 aliphatic carbocycles. The standard InChI is InChI=1S/C7H8N2O/c1-3-7(10)6-4-5-8-9(6)2/h3-5H,1H2,2H3. The lowest BCUT2D eigenvalue weighted by Crippen LogP contribution is -2.03. The van der Waals surface area contributed by atoms with Gasteiger partial charge in [0.25, 0.3) is 0 Å². The van der Waals surface area contributed by atoms with E-state index in [9.17, 15) is 4.79 Å². The lowest BCUT2D eigenvalue weighted by molar-refractivity contribution is 0.103. The minimum atomic E-state index is -0.0972. The zero-order valence-corrected chi connectivity index (χ0v) is 5.74. The van der Waals surface area contributed by atoms with E-state index in [1.807, 2.05) is 0 Å². The summed E-state index contributed by atoms with van der Waals surface area (Å²) in [5, 5.41) is 3.83. The third-order valence-electron chi connectivity index (χ3n) is 1.26. The van der Waals surface area contributed by atoms with Crippen LogP contribution in [0.2, 0.25) is 0 Å². The highest BCUT2D eigenvalue weighted by Gasteiger charge is 2.03. The minimum absolute atomic E-state index is 0.0972. The molecule has 1 heterocycles. The summed E-state index contributed by atoms with van der Waals surface area (Å²) in [7, 11) is 1.72. The van der Waals surface area contributed by atoms with E-state index in [4.69, 9.17) is 0 Å². The molecule has 0 aromatic carbocycles. The molecule has 0 unspecified atom stereocenters. The van der Waals surface area contributed by atoms with Gasteiger partial charge >= 0.3 is 0 Å². The van der Waals surface area contributed by atoms with Gasteiger partial charge in [-0.05, 0) is 12.1 Å². The topological polar surface area (TPSA) is 34.9 Å². The molecular formula is C7H8N2O. The number of carbonyl (C=O) groups is 1. The summed E-state index contributed by atoms with van der Waals surface area (Å²) < 4.78 is 1.52. The van der Waals surface area contributed by atoms with Crippen molar-refractivity contribution >= 4 is 5.78 Å². The van der Waals surface area contributed by atoms with Gasteiger partial charge in [0.15, 0.2) is 0 Å². The quantitative estimate of drug-likeness (QED) is 0.445. The van der Waals surface area contributed by atoms with Crippen molar-refractivity contribution in [2.45, 2.75) is 0 Å². The predicted octanol–water partition coefficient (Wildman–Crippen LogP) is 0.789. The molecule has 0 saturated heterocycles. The highest BCUT2D eigenvalue weighted by atomic mass is 16.1.